The number of hydrogen-bond donors (Lipinski definition) is 18. The summed E-state index contributed by atoms with van der Waals surface area (Å²) in [5.41, 5.74) is 0. The van der Waals surface area contributed by atoms with Crippen LogP contribution >= 0.6 is 0 Å². The van der Waals surface area contributed by atoms with E-state index in [0.717, 1.165) is 0 Å². The molecule has 12 bridgehead atoms. The molecular weight excluding hydrogens is 912 g/mol. The molecule has 22 aliphatic rings. The molecule has 30 nitrogen and oxygen atoms in total. The Morgan fingerprint density at radius 2 is 0.303 bits per heavy atom. The minimum absolute atomic E-state index is 0.999. The van der Waals surface area contributed by atoms with Gasteiger partial charge in [0.1, 0.15) is 146 Å². The van der Waals surface area contributed by atoms with Crippen LogP contribution < -0.4 is 0 Å². The van der Waals surface area contributed by atoms with E-state index in [2.05, 4.69) is 0 Å². The van der Waals surface area contributed by atoms with Crippen molar-refractivity contribution in [2.45, 2.75) is 184 Å². The average Bonchev–Trinajstić information content (AvgIpc) is 3.31. The van der Waals surface area contributed by atoms with Crippen molar-refractivity contribution in [3.63, 3.8) is 0 Å². The van der Waals surface area contributed by atoms with Gasteiger partial charge in [-0.05, 0) is 0 Å². The first-order valence-electron chi connectivity index (χ1n) is 21.1. The Bertz CT molecular complexity index is 1230. The fourth-order valence-electron chi connectivity index (χ4n) is 8.93. The Morgan fingerprint density at radius 1 is 0.182 bits per heavy atom. The molecule has 22 saturated heterocycles. The van der Waals surface area contributed by atoms with Crippen molar-refractivity contribution in [3.05, 3.63) is 0 Å². The van der Waals surface area contributed by atoms with Gasteiger partial charge in [0.05, 0.1) is 39.6 Å². The van der Waals surface area contributed by atoms with E-state index in [-0.39, 0.29) is 0 Å². The van der Waals surface area contributed by atoms with Crippen molar-refractivity contribution in [2.75, 3.05) is 39.6 Å². The van der Waals surface area contributed by atoms with E-state index in [4.69, 9.17) is 56.8 Å². The Hall–Kier alpha value is -1.20. The van der Waals surface area contributed by atoms with E-state index in [1.807, 2.05) is 0 Å². The highest BCUT2D eigenvalue weighted by molar-refractivity contribution is 5.01. The molecule has 0 amide bonds. The first-order chi connectivity index (χ1) is 31.4. The normalized spacial score (nSPS) is 55.4. The SMILES string of the molecule is OC[C@@H]1O[C@@H]2O[C@H]3[C@@H](O)[C@H](O)[C@@H](O[C@H]4[C@@H](O)[C@H](O)[C@@H](O[C@H]5[C@@H](O)[C@H](O)[C@@H](O[C@H]6[C@@H](O)[C@H](O)[C@@H](O[C@H]7[C@H](O)[C@H](O)[C@@H](O[C@H]1[C@H](O)[C@@H]2O)O[C@H]7CO)O[C@H]6CO)O[C@H]5CO)O[C@H]4CO)O[C@H]3CO. The highest BCUT2D eigenvalue weighted by atomic mass is 16.8. The summed E-state index contributed by atoms with van der Waals surface area (Å²) in [5, 5.41) is 196. The highest BCUT2D eigenvalue weighted by Crippen LogP contribution is 2.38. The van der Waals surface area contributed by atoms with Crippen LogP contribution in [0.4, 0.5) is 0 Å². The van der Waals surface area contributed by atoms with E-state index in [0.29, 0.717) is 0 Å². The lowest BCUT2D eigenvalue weighted by Gasteiger charge is -2.50. The molecule has 0 aliphatic carbocycles. The molecule has 22 heterocycles. The molecule has 30 heteroatoms. The molecule has 384 valence electrons. The Kier molecular flexibility index (Phi) is 17.6. The highest BCUT2D eigenvalue weighted by Gasteiger charge is 2.58. The van der Waals surface area contributed by atoms with Crippen molar-refractivity contribution in [1.29, 1.82) is 0 Å². The number of aliphatic hydroxyl groups excluding tert-OH is 18. The van der Waals surface area contributed by atoms with Crippen LogP contribution in [0.5, 0.6) is 0 Å². The third-order valence-electron chi connectivity index (χ3n) is 12.7. The average molecular weight is 973 g/mol. The topological polar surface area (TPSA) is 475 Å². The van der Waals surface area contributed by atoms with Crippen LogP contribution in [0.2, 0.25) is 0 Å². The monoisotopic (exact) mass is 972 g/mol. The Balaban J connectivity index is 1.19. The van der Waals surface area contributed by atoms with E-state index in [9.17, 15) is 91.9 Å². The maximum Gasteiger partial charge on any atom is 0.187 e. The minimum atomic E-state index is -2.15. The van der Waals surface area contributed by atoms with E-state index in [1.54, 1.807) is 0 Å². The lowest BCUT2D eigenvalue weighted by Crippen LogP contribution is -2.69. The van der Waals surface area contributed by atoms with Crippen LogP contribution in [0.3, 0.4) is 0 Å². The van der Waals surface area contributed by atoms with Gasteiger partial charge in [-0.1, -0.05) is 0 Å². The maximum absolute atomic E-state index is 11.2. The van der Waals surface area contributed by atoms with E-state index >= 15 is 0 Å². The predicted octanol–water partition coefficient (Wildman–Crippen LogP) is -13.1. The predicted molar refractivity (Wildman–Crippen MR) is 196 cm³/mol. The van der Waals surface area contributed by atoms with Crippen LogP contribution in [-0.4, -0.2) is 316 Å². The van der Waals surface area contributed by atoms with Crippen molar-refractivity contribution < 1.29 is 149 Å². The van der Waals surface area contributed by atoms with Crippen molar-refractivity contribution >= 4 is 0 Å². The number of hydrogen-bond acceptors (Lipinski definition) is 30. The summed E-state index contributed by atoms with van der Waals surface area (Å²) in [4.78, 5) is 0. The summed E-state index contributed by atoms with van der Waals surface area (Å²) in [6, 6.07) is 0. The van der Waals surface area contributed by atoms with Crippen LogP contribution in [0.15, 0.2) is 0 Å². The smallest absolute Gasteiger partial charge is 0.187 e. The van der Waals surface area contributed by atoms with Crippen molar-refractivity contribution in [3.8, 4) is 0 Å². The summed E-state index contributed by atoms with van der Waals surface area (Å²) in [5.74, 6) is 0. The molecule has 0 saturated carbocycles. The Morgan fingerprint density at radius 3 is 0.409 bits per heavy atom. The van der Waals surface area contributed by atoms with Crippen LogP contribution in [-0.2, 0) is 56.8 Å². The first-order valence-corrected chi connectivity index (χ1v) is 21.1. The lowest BCUT2D eigenvalue weighted by molar-refractivity contribution is -0.404. The zero-order chi connectivity index (χ0) is 48.0. The molecule has 0 aromatic heterocycles. The van der Waals surface area contributed by atoms with Crippen molar-refractivity contribution in [1.82, 2.24) is 0 Å². The van der Waals surface area contributed by atoms with E-state index < -0.39 is 224 Å². The summed E-state index contributed by atoms with van der Waals surface area (Å²) < 4.78 is 67.9. The van der Waals surface area contributed by atoms with Gasteiger partial charge in [0.15, 0.2) is 37.7 Å². The second-order valence-corrected chi connectivity index (χ2v) is 16.8. The molecule has 0 aromatic carbocycles. The molecule has 0 spiro atoms. The van der Waals surface area contributed by atoms with Crippen LogP contribution in [0.25, 0.3) is 0 Å². The third-order valence-corrected chi connectivity index (χ3v) is 12.7. The second-order valence-electron chi connectivity index (χ2n) is 16.8. The summed E-state index contributed by atoms with van der Waals surface area (Å²) in [6.07, 6.45) is -58.5. The van der Waals surface area contributed by atoms with Gasteiger partial charge in [-0.3, -0.25) is 0 Å². The zero-order valence-corrected chi connectivity index (χ0v) is 34.5. The largest absolute Gasteiger partial charge is 0.394 e. The van der Waals surface area contributed by atoms with E-state index in [1.165, 1.54) is 0 Å². The fraction of sp³-hybridized carbons (Fsp3) is 1.00. The summed E-state index contributed by atoms with van der Waals surface area (Å²) in [6.45, 7) is -5.99. The molecule has 0 aromatic rings. The second kappa shape index (κ2) is 22.1. The quantitative estimate of drug-likeness (QED) is 0.117. The number of ether oxygens (including phenoxy) is 12. The Labute approximate surface area is 372 Å². The van der Waals surface area contributed by atoms with Gasteiger partial charge in [0.2, 0.25) is 0 Å². The molecule has 0 unspecified atom stereocenters. The van der Waals surface area contributed by atoms with Gasteiger partial charge in [0, 0.05) is 0 Å². The number of aliphatic hydroxyl groups is 18. The van der Waals surface area contributed by atoms with Gasteiger partial charge < -0.3 is 149 Å². The molecule has 22 aliphatic heterocycles. The minimum Gasteiger partial charge on any atom is -0.394 e. The van der Waals surface area contributed by atoms with Crippen LogP contribution in [0.1, 0.15) is 0 Å². The van der Waals surface area contributed by atoms with Gasteiger partial charge in [-0.15, -0.1) is 0 Å². The molecule has 22 rings (SSSR count). The van der Waals surface area contributed by atoms with Gasteiger partial charge in [0.25, 0.3) is 0 Å². The number of rotatable bonds is 6. The fourth-order valence-corrected chi connectivity index (χ4v) is 8.93. The summed E-state index contributed by atoms with van der Waals surface area (Å²) >= 11 is 0. The maximum atomic E-state index is 11.2. The molecule has 0 radical (unpaired) electrons. The van der Waals surface area contributed by atoms with Gasteiger partial charge in [-0.25, -0.2) is 0 Å². The summed E-state index contributed by atoms with van der Waals surface area (Å²) in [7, 11) is 0. The molecule has 18 N–H and O–H groups in total. The van der Waals surface area contributed by atoms with Crippen molar-refractivity contribution in [2.24, 2.45) is 0 Å². The lowest BCUT2D eigenvalue weighted by atomic mass is 9.94. The molecule has 66 heavy (non-hydrogen) atoms. The molecular formula is C36H60O30. The van der Waals surface area contributed by atoms with Gasteiger partial charge >= 0.3 is 0 Å². The third kappa shape index (κ3) is 10.0. The molecule has 22 fully saturated rings. The molecule has 30 atom stereocenters. The standard InChI is InChI=1S/C36H60O30/c37-1-7-25-13(43)19(49)31(55-7)62-26-8(2-38)57-33(21(51)15(26)45)64-28-10(4-40)59-35(23(53)17(28)47)66-30-12(6-42)60-36(24(54)18(30)48)65-29-11(5-41)58-34(22(52)16(29)46)63-27-9(3-39)56-32(61-25)20(50)14(27)44/h7-54H,1-6H2/t7-,8-,9-,10-,11-,12-,13-,14-,15-,16-,17+,18+,19-,20-,21-,22-,23-,24-,25+,26+,27+,28+,29+,30+,31+,32+,33+,34+,35+,36+/m0/s1. The van der Waals surface area contributed by atoms with Crippen LogP contribution in [0, 0.1) is 0 Å². The zero-order valence-electron chi connectivity index (χ0n) is 34.5. The van der Waals surface area contributed by atoms with Gasteiger partial charge in [-0.2, -0.15) is 0 Å². The first kappa shape index (κ1) is 52.6.